The van der Waals surface area contributed by atoms with Crippen LogP contribution in [0.15, 0.2) is 36.5 Å². The van der Waals surface area contributed by atoms with Crippen LogP contribution in [0.3, 0.4) is 0 Å². The van der Waals surface area contributed by atoms with Gasteiger partial charge in [-0.05, 0) is 31.7 Å². The second-order valence-electron chi connectivity index (χ2n) is 10.1. The number of hydrogen-bond acceptors (Lipinski definition) is 9. The first-order valence-electron chi connectivity index (χ1n) is 13.1. The minimum absolute atomic E-state index is 0.0978. The minimum Gasteiger partial charge on any atom is -0.493 e. The van der Waals surface area contributed by atoms with Crippen LogP contribution in [0.2, 0.25) is 0 Å². The molecule has 0 spiro atoms. The van der Waals surface area contributed by atoms with Crippen molar-refractivity contribution in [3.8, 4) is 11.5 Å². The van der Waals surface area contributed by atoms with E-state index in [4.69, 9.17) is 23.7 Å². The Morgan fingerprint density at radius 3 is 2.51 bits per heavy atom. The van der Waals surface area contributed by atoms with Crippen LogP contribution in [0.1, 0.15) is 49.3 Å². The molecule has 1 amide bonds. The number of benzene rings is 1. The topological polar surface area (TPSA) is 122 Å². The zero-order valence-electron chi connectivity index (χ0n) is 23.4. The van der Waals surface area contributed by atoms with Gasteiger partial charge in [-0.2, -0.15) is 0 Å². The van der Waals surface area contributed by atoms with Gasteiger partial charge in [-0.1, -0.05) is 43.7 Å². The summed E-state index contributed by atoms with van der Waals surface area (Å²) in [6, 6.07) is 8.59. The van der Waals surface area contributed by atoms with Gasteiger partial charge in [0.15, 0.2) is 17.5 Å². The van der Waals surface area contributed by atoms with E-state index < -0.39 is 36.1 Å². The largest absolute Gasteiger partial charge is 0.493 e. The van der Waals surface area contributed by atoms with Gasteiger partial charge in [0.2, 0.25) is 5.75 Å². The van der Waals surface area contributed by atoms with Gasteiger partial charge >= 0.3 is 11.9 Å². The Kier molecular flexibility index (Phi) is 10.8. The van der Waals surface area contributed by atoms with Crippen LogP contribution < -0.4 is 14.8 Å². The Hall–Kier alpha value is -3.50. The van der Waals surface area contributed by atoms with E-state index in [9.17, 15) is 14.4 Å². The first-order chi connectivity index (χ1) is 18.6. The fourth-order valence-electron chi connectivity index (χ4n) is 4.32. The Bertz CT molecular complexity index is 1130. The highest BCUT2D eigenvalue weighted by atomic mass is 16.6. The summed E-state index contributed by atoms with van der Waals surface area (Å²) in [6.45, 7) is 9.80. The van der Waals surface area contributed by atoms with Crippen molar-refractivity contribution in [3.63, 3.8) is 0 Å². The molecule has 1 saturated heterocycles. The van der Waals surface area contributed by atoms with Gasteiger partial charge < -0.3 is 29.0 Å². The van der Waals surface area contributed by atoms with Crippen molar-refractivity contribution in [1.82, 2.24) is 10.3 Å². The van der Waals surface area contributed by atoms with E-state index in [0.29, 0.717) is 19.6 Å². The smallest absolute Gasteiger partial charge is 0.331 e. The number of nitrogens with zero attached hydrogens (tertiary/aromatic N) is 1. The zero-order valence-corrected chi connectivity index (χ0v) is 23.4. The van der Waals surface area contributed by atoms with Crippen LogP contribution in [0.5, 0.6) is 11.5 Å². The van der Waals surface area contributed by atoms with Gasteiger partial charge in [0.05, 0.1) is 26.4 Å². The normalized spacial score (nSPS) is 21.8. The predicted molar refractivity (Wildman–Crippen MR) is 143 cm³/mol. The zero-order chi connectivity index (χ0) is 28.5. The van der Waals surface area contributed by atoms with E-state index in [1.807, 2.05) is 6.92 Å². The molecule has 10 nitrogen and oxygen atoms in total. The molecule has 212 valence electrons. The number of amides is 1. The predicted octanol–water partition coefficient (Wildman–Crippen LogP) is 3.28. The summed E-state index contributed by atoms with van der Waals surface area (Å²) in [6.07, 6.45) is 0.997. The molecule has 1 aromatic heterocycles. The van der Waals surface area contributed by atoms with Crippen molar-refractivity contribution < 1.29 is 38.1 Å². The van der Waals surface area contributed by atoms with Gasteiger partial charge in [-0.25, -0.2) is 9.78 Å². The minimum atomic E-state index is -1.12. The summed E-state index contributed by atoms with van der Waals surface area (Å²) < 4.78 is 28.4. The third-order valence-electron chi connectivity index (χ3n) is 6.23. The van der Waals surface area contributed by atoms with E-state index in [2.05, 4.69) is 48.4 Å². The molecule has 0 radical (unpaired) electrons. The third kappa shape index (κ3) is 8.49. The summed E-state index contributed by atoms with van der Waals surface area (Å²) in [5.41, 5.74) is 2.08. The molecular formula is C29H38N2O8. The van der Waals surface area contributed by atoms with E-state index in [0.717, 1.165) is 5.56 Å². The highest BCUT2D eigenvalue weighted by molar-refractivity contribution is 5.98. The lowest BCUT2D eigenvalue weighted by Gasteiger charge is -2.31. The number of hydrogen-bond donors (Lipinski definition) is 1. The summed E-state index contributed by atoms with van der Waals surface area (Å²) in [7, 11) is 1.37. The average molecular weight is 543 g/mol. The number of esters is 2. The Morgan fingerprint density at radius 1 is 1.15 bits per heavy atom. The molecule has 10 heteroatoms. The SMILES string of the molecule is COc1ccnc(C(=O)NC2COCC(Cc3ccc(C)cc3)C(OCC(C)C)C(C)OC2=O)c1OC(C)=O. The molecule has 39 heavy (non-hydrogen) atoms. The molecule has 1 aromatic carbocycles. The molecule has 1 aliphatic heterocycles. The molecule has 4 unspecified atom stereocenters. The Morgan fingerprint density at radius 2 is 1.87 bits per heavy atom. The number of rotatable bonds is 9. The number of aromatic nitrogens is 1. The number of methoxy groups -OCH3 is 1. The second-order valence-corrected chi connectivity index (χ2v) is 10.1. The lowest BCUT2D eigenvalue weighted by Crippen LogP contribution is -2.46. The number of nitrogens with one attached hydrogen (secondary N) is 1. The monoisotopic (exact) mass is 542 g/mol. The van der Waals surface area contributed by atoms with Crippen molar-refractivity contribution in [1.29, 1.82) is 0 Å². The van der Waals surface area contributed by atoms with Crippen molar-refractivity contribution in [3.05, 3.63) is 53.3 Å². The maximum atomic E-state index is 13.2. The molecule has 2 aromatic rings. The number of ether oxygens (including phenoxy) is 5. The maximum Gasteiger partial charge on any atom is 0.331 e. The Balaban J connectivity index is 1.81. The van der Waals surface area contributed by atoms with Crippen LogP contribution in [0.25, 0.3) is 0 Å². The first-order valence-corrected chi connectivity index (χ1v) is 13.1. The summed E-state index contributed by atoms with van der Waals surface area (Å²) in [5, 5.41) is 2.61. The van der Waals surface area contributed by atoms with Crippen LogP contribution in [-0.2, 0) is 30.2 Å². The molecule has 3 rings (SSSR count). The maximum absolute atomic E-state index is 13.2. The van der Waals surface area contributed by atoms with Gasteiger partial charge in [0.25, 0.3) is 5.91 Å². The van der Waals surface area contributed by atoms with Crippen LogP contribution in [0.4, 0.5) is 0 Å². The quantitative estimate of drug-likeness (QED) is 0.476. The van der Waals surface area contributed by atoms with E-state index in [1.54, 1.807) is 6.92 Å². The van der Waals surface area contributed by atoms with Crippen LogP contribution >= 0.6 is 0 Å². The van der Waals surface area contributed by atoms with Gasteiger partial charge in [-0.3, -0.25) is 9.59 Å². The lowest BCUT2D eigenvalue weighted by atomic mass is 9.91. The molecular weight excluding hydrogens is 504 g/mol. The van der Waals surface area contributed by atoms with Crippen LogP contribution in [0, 0.1) is 18.8 Å². The van der Waals surface area contributed by atoms with Crippen LogP contribution in [-0.4, -0.2) is 68.0 Å². The number of cyclic esters (lactones) is 1. The van der Waals surface area contributed by atoms with E-state index in [1.165, 1.54) is 31.9 Å². The Labute approximate surface area is 229 Å². The first kappa shape index (κ1) is 30.0. The van der Waals surface area contributed by atoms with Crippen molar-refractivity contribution >= 4 is 17.8 Å². The molecule has 1 fully saturated rings. The molecule has 0 bridgehead atoms. The number of carbonyl (C=O) groups excluding carboxylic acids is 3. The second kappa shape index (κ2) is 14.0. The fourth-order valence-corrected chi connectivity index (χ4v) is 4.32. The average Bonchev–Trinajstić information content (AvgIpc) is 2.92. The molecule has 1 N–H and O–H groups in total. The molecule has 2 heterocycles. The highest BCUT2D eigenvalue weighted by Gasteiger charge is 2.36. The van der Waals surface area contributed by atoms with Crippen molar-refractivity contribution in [2.75, 3.05) is 26.9 Å². The van der Waals surface area contributed by atoms with Crippen molar-refractivity contribution in [2.45, 2.75) is 59.3 Å². The summed E-state index contributed by atoms with van der Waals surface area (Å²) in [5.74, 6) is -1.86. The van der Waals surface area contributed by atoms with E-state index in [-0.39, 0.29) is 35.6 Å². The van der Waals surface area contributed by atoms with Crippen molar-refractivity contribution in [2.24, 2.45) is 11.8 Å². The molecule has 4 atom stereocenters. The third-order valence-corrected chi connectivity index (χ3v) is 6.23. The highest BCUT2D eigenvalue weighted by Crippen LogP contribution is 2.30. The molecule has 0 aliphatic carbocycles. The lowest BCUT2D eigenvalue weighted by molar-refractivity contribution is -0.161. The standard InChI is InChI=1S/C29H38N2O8/c1-17(2)14-37-26-19(4)38-29(34)23(16-36-15-22(26)13-21-9-7-18(3)8-10-21)31-28(33)25-27(39-20(5)32)24(35-6)11-12-30-25/h7-12,17,19,22-23,26H,13-16H2,1-6H3,(H,31,33). The number of pyridine rings is 1. The molecule has 1 aliphatic rings. The van der Waals surface area contributed by atoms with Gasteiger partial charge in [0, 0.05) is 31.7 Å². The number of carbonyl (C=O) groups is 3. The summed E-state index contributed by atoms with van der Waals surface area (Å²) >= 11 is 0. The van der Waals surface area contributed by atoms with E-state index >= 15 is 0 Å². The number of aryl methyl sites for hydroxylation is 1. The summed E-state index contributed by atoms with van der Waals surface area (Å²) in [4.78, 5) is 42.0. The fraction of sp³-hybridized carbons (Fsp3) is 0.517. The van der Waals surface area contributed by atoms with Gasteiger partial charge in [0.1, 0.15) is 6.10 Å². The van der Waals surface area contributed by atoms with Gasteiger partial charge in [-0.15, -0.1) is 0 Å². The molecule has 0 saturated carbocycles.